The summed E-state index contributed by atoms with van der Waals surface area (Å²) in [5.41, 5.74) is -3.10. The van der Waals surface area contributed by atoms with Crippen LogP contribution in [0.2, 0.25) is 0 Å². The van der Waals surface area contributed by atoms with Crippen LogP contribution in [0, 0.1) is 33.8 Å². The van der Waals surface area contributed by atoms with Crippen molar-refractivity contribution >= 4 is 17.3 Å². The van der Waals surface area contributed by atoms with Crippen LogP contribution in [0.3, 0.4) is 0 Å². The maximum absolute atomic E-state index is 13.0. The van der Waals surface area contributed by atoms with Crippen molar-refractivity contribution < 1.29 is 24.4 Å². The number of carbonyl (C=O) groups is 3. The van der Waals surface area contributed by atoms with E-state index in [1.807, 2.05) is 27.7 Å². The monoisotopic (exact) mass is 381 g/mol. The molecule has 0 spiro atoms. The molecule has 0 unspecified atom stereocenters. The molecule has 2 atom stereocenters. The average Bonchev–Trinajstić information content (AvgIpc) is 2.77. The summed E-state index contributed by atoms with van der Waals surface area (Å²) in [7, 11) is 0. The summed E-state index contributed by atoms with van der Waals surface area (Å²) in [6, 6.07) is 0. The topological polar surface area (TPSA) is 115 Å². The predicted octanol–water partition coefficient (Wildman–Crippen LogP) is 3.68. The number of aliphatic hydroxyl groups is 1. The lowest BCUT2D eigenvalue weighted by Crippen LogP contribution is -2.53. The highest BCUT2D eigenvalue weighted by molar-refractivity contribution is 6.26. The van der Waals surface area contributed by atoms with Crippen LogP contribution < -0.4 is 0 Å². The van der Waals surface area contributed by atoms with E-state index < -0.39 is 51.0 Å². The van der Waals surface area contributed by atoms with E-state index in [1.165, 1.54) is 0 Å². The second kappa shape index (κ2) is 8.76. The molecule has 0 aromatic carbocycles. The minimum absolute atomic E-state index is 0.0732. The Bertz CT molecular complexity index is 661. The first kappa shape index (κ1) is 23.0. The lowest BCUT2D eigenvalue weighted by molar-refractivity contribution is -0.551. The number of hydrogen-bond acceptors (Lipinski definition) is 6. The van der Waals surface area contributed by atoms with Gasteiger partial charge in [0.05, 0.1) is 0 Å². The molecular weight excluding hydrogens is 350 g/mol. The van der Waals surface area contributed by atoms with Gasteiger partial charge in [0.1, 0.15) is 11.5 Å². The minimum atomic E-state index is -2.54. The molecule has 0 saturated heterocycles. The van der Waals surface area contributed by atoms with E-state index in [9.17, 15) is 29.6 Å². The number of carbonyl (C=O) groups excluding carboxylic acids is 3. The molecular formula is C20H31NO6. The van der Waals surface area contributed by atoms with E-state index in [-0.39, 0.29) is 24.7 Å². The number of aliphatic hydroxyl groups excluding tert-OH is 1. The van der Waals surface area contributed by atoms with Crippen LogP contribution in [0.25, 0.3) is 0 Å². The van der Waals surface area contributed by atoms with Gasteiger partial charge >= 0.3 is 5.54 Å². The van der Waals surface area contributed by atoms with E-state index in [2.05, 4.69) is 0 Å². The van der Waals surface area contributed by atoms with Crippen LogP contribution in [0.4, 0.5) is 0 Å². The first-order valence-electron chi connectivity index (χ1n) is 9.58. The molecule has 0 amide bonds. The number of hydrogen-bond donors (Lipinski definition) is 1. The highest BCUT2D eigenvalue weighted by Gasteiger charge is 2.69. The molecule has 0 fully saturated rings. The van der Waals surface area contributed by atoms with E-state index >= 15 is 0 Å². The largest absolute Gasteiger partial charge is 0.505 e. The molecule has 1 rings (SSSR count). The van der Waals surface area contributed by atoms with E-state index in [4.69, 9.17) is 0 Å². The highest BCUT2D eigenvalue weighted by atomic mass is 16.6. The molecule has 0 aliphatic heterocycles. The predicted molar refractivity (Wildman–Crippen MR) is 101 cm³/mol. The summed E-state index contributed by atoms with van der Waals surface area (Å²) in [6.45, 7) is 10.7. The van der Waals surface area contributed by atoms with Crippen molar-refractivity contribution in [2.24, 2.45) is 23.7 Å². The Hall–Kier alpha value is -2.05. The summed E-state index contributed by atoms with van der Waals surface area (Å²) in [6.07, 6.45) is 0.821. The van der Waals surface area contributed by atoms with Crippen molar-refractivity contribution in [2.75, 3.05) is 0 Å². The number of nitrogens with zero attached hydrogens (tertiary/aromatic N) is 1. The Balaban J connectivity index is 3.56. The SMILES string of the molecule is CC(C)CCC(=O)[C@@]1([N+](=O)[O-])C(O)=C(C(=O)C(C)C)C(=O)[C@@H]1CCC(C)C. The van der Waals surface area contributed by atoms with Gasteiger partial charge in [-0.3, -0.25) is 24.5 Å². The molecule has 0 saturated carbocycles. The van der Waals surface area contributed by atoms with Gasteiger partial charge < -0.3 is 5.11 Å². The van der Waals surface area contributed by atoms with E-state index in [0.717, 1.165) is 0 Å². The second-order valence-electron chi connectivity index (χ2n) is 8.51. The molecule has 7 heteroatoms. The fourth-order valence-corrected chi connectivity index (χ4v) is 3.46. The van der Waals surface area contributed by atoms with E-state index in [0.29, 0.717) is 12.8 Å². The molecule has 152 valence electrons. The average molecular weight is 381 g/mol. The fourth-order valence-electron chi connectivity index (χ4n) is 3.46. The van der Waals surface area contributed by atoms with Crippen molar-refractivity contribution in [1.29, 1.82) is 0 Å². The van der Waals surface area contributed by atoms with Gasteiger partial charge in [0.15, 0.2) is 17.3 Å². The maximum Gasteiger partial charge on any atom is 0.345 e. The Morgan fingerprint density at radius 2 is 1.63 bits per heavy atom. The lowest BCUT2D eigenvalue weighted by Gasteiger charge is -2.26. The third kappa shape index (κ3) is 4.28. The van der Waals surface area contributed by atoms with Crippen LogP contribution in [-0.4, -0.2) is 32.9 Å². The number of rotatable bonds is 10. The Morgan fingerprint density at radius 3 is 2.04 bits per heavy atom. The van der Waals surface area contributed by atoms with Gasteiger partial charge in [-0.2, -0.15) is 0 Å². The van der Waals surface area contributed by atoms with Gasteiger partial charge in [0.2, 0.25) is 5.78 Å². The summed E-state index contributed by atoms with van der Waals surface area (Å²) < 4.78 is 0. The molecule has 0 bridgehead atoms. The number of allylic oxidation sites excluding steroid dienone is 1. The molecule has 0 radical (unpaired) electrons. The number of nitro groups is 1. The standard InChI is InChI=1S/C20H31NO6/c1-11(2)7-9-14-18(24)16(17(23)13(5)6)19(25)20(14,21(26)27)15(22)10-8-12(3)4/h11-14,25H,7-10H2,1-6H3/t14-,20+/m0/s1. The second-order valence-corrected chi connectivity index (χ2v) is 8.51. The van der Waals surface area contributed by atoms with E-state index in [1.54, 1.807) is 13.8 Å². The third-order valence-corrected chi connectivity index (χ3v) is 5.13. The zero-order valence-corrected chi connectivity index (χ0v) is 17.1. The molecule has 27 heavy (non-hydrogen) atoms. The zero-order valence-electron chi connectivity index (χ0n) is 17.1. The van der Waals surface area contributed by atoms with Crippen LogP contribution in [0.5, 0.6) is 0 Å². The third-order valence-electron chi connectivity index (χ3n) is 5.13. The first-order chi connectivity index (χ1) is 12.4. The van der Waals surface area contributed by atoms with Crippen molar-refractivity contribution in [2.45, 2.75) is 72.8 Å². The van der Waals surface area contributed by atoms with Crippen LogP contribution >= 0.6 is 0 Å². The lowest BCUT2D eigenvalue weighted by atomic mass is 9.76. The van der Waals surface area contributed by atoms with Crippen molar-refractivity contribution in [1.82, 2.24) is 0 Å². The molecule has 0 aromatic rings. The van der Waals surface area contributed by atoms with Crippen molar-refractivity contribution in [3.05, 3.63) is 21.4 Å². The first-order valence-corrected chi connectivity index (χ1v) is 9.58. The summed E-state index contributed by atoms with van der Waals surface area (Å²) in [5.74, 6) is -4.87. The Kier molecular flexibility index (Phi) is 7.46. The Morgan fingerprint density at radius 1 is 1.11 bits per heavy atom. The smallest absolute Gasteiger partial charge is 0.345 e. The van der Waals surface area contributed by atoms with Gasteiger partial charge in [-0.15, -0.1) is 0 Å². The summed E-state index contributed by atoms with van der Waals surface area (Å²) in [5, 5.41) is 22.8. The van der Waals surface area contributed by atoms with Crippen molar-refractivity contribution in [3.63, 3.8) is 0 Å². The molecule has 1 N–H and O–H groups in total. The Labute approximate surface area is 160 Å². The summed E-state index contributed by atoms with van der Waals surface area (Å²) in [4.78, 5) is 49.6. The van der Waals surface area contributed by atoms with Crippen molar-refractivity contribution in [3.8, 4) is 0 Å². The molecule has 0 aromatic heterocycles. The van der Waals surface area contributed by atoms with Crippen LogP contribution in [0.15, 0.2) is 11.3 Å². The van der Waals surface area contributed by atoms with Gasteiger partial charge in [-0.1, -0.05) is 41.5 Å². The zero-order chi connectivity index (χ0) is 21.1. The van der Waals surface area contributed by atoms with Gasteiger partial charge in [0, 0.05) is 17.3 Å². The normalized spacial score (nSPS) is 23.0. The highest BCUT2D eigenvalue weighted by Crippen LogP contribution is 2.44. The number of Topliss-reactive ketones (excluding diaryl/α,β-unsaturated/α-hetero) is 3. The number of ketones is 3. The summed E-state index contributed by atoms with van der Waals surface area (Å²) >= 11 is 0. The van der Waals surface area contributed by atoms with Gasteiger partial charge in [-0.05, 0) is 31.1 Å². The molecule has 1 aliphatic rings. The quantitative estimate of drug-likeness (QED) is 0.351. The van der Waals surface area contributed by atoms with Gasteiger partial charge in [0.25, 0.3) is 0 Å². The van der Waals surface area contributed by atoms with Gasteiger partial charge in [-0.25, -0.2) is 0 Å². The fraction of sp³-hybridized carbons (Fsp3) is 0.750. The molecule has 1 aliphatic carbocycles. The van der Waals surface area contributed by atoms with Crippen LogP contribution in [0.1, 0.15) is 67.2 Å². The van der Waals surface area contributed by atoms with Crippen LogP contribution in [-0.2, 0) is 14.4 Å². The molecule has 7 nitrogen and oxygen atoms in total. The maximum atomic E-state index is 13.0. The minimum Gasteiger partial charge on any atom is -0.505 e. The molecule has 0 heterocycles.